The molecular weight excluding hydrogens is 583 g/mol. The van der Waals surface area contributed by atoms with Gasteiger partial charge in [0, 0.05) is 36.1 Å². The molecule has 1 amide bonds. The zero-order valence-corrected chi connectivity index (χ0v) is 25.3. The van der Waals surface area contributed by atoms with Gasteiger partial charge in [0.15, 0.2) is 11.6 Å². The summed E-state index contributed by atoms with van der Waals surface area (Å²) in [6, 6.07) is 10.8. The Kier molecular flexibility index (Phi) is 6.69. The molecule has 44 heavy (non-hydrogen) atoms. The monoisotopic (exact) mass is 612 g/mol. The van der Waals surface area contributed by atoms with Gasteiger partial charge in [-0.3, -0.25) is 14.5 Å². The molecule has 3 aromatic carbocycles. The number of aryl methyl sites for hydroxylation is 1. The van der Waals surface area contributed by atoms with Crippen LogP contribution < -0.4 is 15.3 Å². The fourth-order valence-electron chi connectivity index (χ4n) is 6.57. The number of H-pyrrole nitrogens is 1. The molecule has 0 saturated carbocycles. The fraction of sp³-hybridized carbons (Fsp3) is 0.273. The van der Waals surface area contributed by atoms with Gasteiger partial charge in [0.1, 0.15) is 17.9 Å². The molecule has 1 unspecified atom stereocenters. The van der Waals surface area contributed by atoms with E-state index in [1.807, 2.05) is 56.0 Å². The van der Waals surface area contributed by atoms with E-state index in [1.165, 1.54) is 10.6 Å². The number of amides is 1. The SMILES string of the molecule is C=CC(=O)N1CCN2c3nc(=O)n(-c4ccccc4C(C)C)c4c(F)c(-c5c(C)ccc6[nH]ncc56)c(Cl)c(c34)OCC2C1. The number of halogens is 2. The van der Waals surface area contributed by atoms with Gasteiger partial charge < -0.3 is 14.5 Å². The summed E-state index contributed by atoms with van der Waals surface area (Å²) in [6.45, 7) is 10.8. The van der Waals surface area contributed by atoms with Crippen LogP contribution >= 0.6 is 11.6 Å². The highest BCUT2D eigenvalue weighted by molar-refractivity contribution is 6.37. The Morgan fingerprint density at radius 1 is 1.20 bits per heavy atom. The molecule has 2 aliphatic rings. The van der Waals surface area contributed by atoms with Crippen molar-refractivity contribution in [3.8, 4) is 22.6 Å². The number of benzene rings is 3. The average Bonchev–Trinajstić information content (AvgIpc) is 3.44. The first-order chi connectivity index (χ1) is 21.2. The summed E-state index contributed by atoms with van der Waals surface area (Å²) in [5.74, 6) is -0.284. The lowest BCUT2D eigenvalue weighted by Crippen LogP contribution is -2.56. The Labute approximate surface area is 257 Å². The highest BCUT2D eigenvalue weighted by Crippen LogP contribution is 2.50. The number of carbonyl (C=O) groups excluding carboxylic acids is 1. The van der Waals surface area contributed by atoms with Crippen molar-refractivity contribution in [3.63, 3.8) is 0 Å². The first-order valence-electron chi connectivity index (χ1n) is 14.5. The summed E-state index contributed by atoms with van der Waals surface area (Å²) < 4.78 is 25.3. The van der Waals surface area contributed by atoms with E-state index in [2.05, 4.69) is 21.8 Å². The van der Waals surface area contributed by atoms with Crippen LogP contribution in [-0.4, -0.2) is 62.8 Å². The van der Waals surface area contributed by atoms with E-state index in [1.54, 1.807) is 17.2 Å². The molecule has 5 aromatic rings. The number of aromatic nitrogens is 4. The number of piperazine rings is 1. The second-order valence-corrected chi connectivity index (χ2v) is 11.9. The van der Waals surface area contributed by atoms with Crippen LogP contribution in [0.4, 0.5) is 10.2 Å². The van der Waals surface area contributed by atoms with Crippen molar-refractivity contribution in [2.45, 2.75) is 32.7 Å². The van der Waals surface area contributed by atoms with Gasteiger partial charge in [-0.2, -0.15) is 10.1 Å². The van der Waals surface area contributed by atoms with Crippen LogP contribution in [0.2, 0.25) is 5.02 Å². The van der Waals surface area contributed by atoms with Crippen LogP contribution in [-0.2, 0) is 4.79 Å². The quantitative estimate of drug-likeness (QED) is 0.260. The molecule has 1 N–H and O–H groups in total. The lowest BCUT2D eigenvalue weighted by molar-refractivity contribution is -0.126. The summed E-state index contributed by atoms with van der Waals surface area (Å²) in [4.78, 5) is 34.8. The number of nitrogens with one attached hydrogen (secondary N) is 1. The summed E-state index contributed by atoms with van der Waals surface area (Å²) >= 11 is 7.16. The Bertz CT molecular complexity index is 2070. The van der Waals surface area contributed by atoms with Gasteiger partial charge in [-0.15, -0.1) is 0 Å². The minimum atomic E-state index is -0.660. The van der Waals surface area contributed by atoms with Crippen LogP contribution in [0, 0.1) is 12.7 Å². The topological polar surface area (TPSA) is 96.4 Å². The highest BCUT2D eigenvalue weighted by Gasteiger charge is 2.38. The van der Waals surface area contributed by atoms with Crippen molar-refractivity contribution in [3.05, 3.63) is 87.7 Å². The lowest BCUT2D eigenvalue weighted by Gasteiger charge is -2.40. The lowest BCUT2D eigenvalue weighted by atomic mass is 9.94. The van der Waals surface area contributed by atoms with E-state index in [0.717, 1.165) is 16.6 Å². The highest BCUT2D eigenvalue weighted by atomic mass is 35.5. The molecule has 2 aromatic heterocycles. The number of fused-ring (bicyclic) bond motifs is 3. The van der Waals surface area contributed by atoms with E-state index < -0.39 is 11.5 Å². The second kappa shape index (κ2) is 10.5. The van der Waals surface area contributed by atoms with Crippen LogP contribution in [0.1, 0.15) is 30.9 Å². The number of rotatable bonds is 4. The van der Waals surface area contributed by atoms with Gasteiger partial charge in [-0.1, -0.05) is 56.3 Å². The maximum Gasteiger partial charge on any atom is 0.354 e. The van der Waals surface area contributed by atoms with Crippen molar-refractivity contribution in [2.75, 3.05) is 31.1 Å². The van der Waals surface area contributed by atoms with Crippen molar-refractivity contribution in [1.29, 1.82) is 0 Å². The summed E-state index contributed by atoms with van der Waals surface area (Å²) in [5.41, 5.74) is 2.98. The zero-order valence-electron chi connectivity index (χ0n) is 24.5. The Balaban J connectivity index is 1.60. The number of ether oxygens (including phenoxy) is 1. The summed E-state index contributed by atoms with van der Waals surface area (Å²) in [6.07, 6.45) is 2.92. The molecule has 1 atom stereocenters. The molecule has 0 bridgehead atoms. The van der Waals surface area contributed by atoms with Gasteiger partial charge in [0.2, 0.25) is 5.91 Å². The van der Waals surface area contributed by atoms with Crippen LogP contribution in [0.3, 0.4) is 0 Å². The van der Waals surface area contributed by atoms with Crippen molar-refractivity contribution < 1.29 is 13.9 Å². The first kappa shape index (κ1) is 28.1. The molecule has 224 valence electrons. The normalized spacial score (nSPS) is 16.3. The molecule has 9 nitrogen and oxygen atoms in total. The van der Waals surface area contributed by atoms with Gasteiger partial charge in [-0.25, -0.2) is 9.18 Å². The minimum absolute atomic E-state index is 0.0349. The van der Waals surface area contributed by atoms with Crippen LogP contribution in [0.25, 0.3) is 38.6 Å². The number of hydrogen-bond acceptors (Lipinski definition) is 6. The maximum absolute atomic E-state index is 17.5. The molecule has 1 fully saturated rings. The third kappa shape index (κ3) is 4.11. The van der Waals surface area contributed by atoms with Crippen LogP contribution in [0.15, 0.2) is 60.0 Å². The van der Waals surface area contributed by atoms with Gasteiger partial charge in [-0.05, 0) is 42.2 Å². The van der Waals surface area contributed by atoms with E-state index in [9.17, 15) is 9.59 Å². The third-order valence-electron chi connectivity index (χ3n) is 8.69. The van der Waals surface area contributed by atoms with Crippen molar-refractivity contribution in [2.24, 2.45) is 0 Å². The number of para-hydroxylation sites is 1. The Morgan fingerprint density at radius 3 is 2.77 bits per heavy atom. The molecule has 4 heterocycles. The fourth-order valence-corrected chi connectivity index (χ4v) is 6.90. The number of nitrogens with zero attached hydrogens (tertiary/aromatic N) is 5. The van der Waals surface area contributed by atoms with E-state index in [4.69, 9.17) is 16.3 Å². The van der Waals surface area contributed by atoms with E-state index in [-0.39, 0.29) is 52.1 Å². The number of anilines is 1. The zero-order chi connectivity index (χ0) is 30.9. The number of carbonyl (C=O) groups is 1. The van der Waals surface area contributed by atoms with Gasteiger partial charge >= 0.3 is 5.69 Å². The van der Waals surface area contributed by atoms with Crippen molar-refractivity contribution >= 4 is 45.1 Å². The maximum atomic E-state index is 17.5. The van der Waals surface area contributed by atoms with Crippen molar-refractivity contribution in [1.82, 2.24) is 24.6 Å². The first-order valence-corrected chi connectivity index (χ1v) is 14.9. The van der Waals surface area contributed by atoms with E-state index in [0.29, 0.717) is 41.7 Å². The van der Waals surface area contributed by atoms with E-state index >= 15 is 4.39 Å². The Hall–Kier alpha value is -4.70. The second-order valence-electron chi connectivity index (χ2n) is 11.6. The average molecular weight is 613 g/mol. The molecule has 7 rings (SSSR count). The standard InChI is InChI=1S/C33H30ClFN6O3/c1-5-24(42)39-12-13-40-19(15-39)16-44-31-27-30(41(33(43)37-32(27)40)23-9-7-6-8-20(23)17(2)3)29(35)26(28(31)34)25-18(4)10-11-22-21(25)14-36-38-22/h5-11,14,17,19H,1,12-13,15-16H2,2-4H3,(H,36,38). The molecule has 0 radical (unpaired) electrons. The van der Waals surface area contributed by atoms with Gasteiger partial charge in [0.05, 0.1) is 33.9 Å². The molecule has 1 saturated heterocycles. The molecular formula is C33H30ClFN6O3. The minimum Gasteiger partial charge on any atom is -0.489 e. The smallest absolute Gasteiger partial charge is 0.354 e. The van der Waals surface area contributed by atoms with Crippen LogP contribution in [0.5, 0.6) is 5.75 Å². The summed E-state index contributed by atoms with van der Waals surface area (Å²) in [7, 11) is 0. The molecule has 0 aliphatic carbocycles. The number of hydrogen-bond donors (Lipinski definition) is 1. The predicted molar refractivity (Wildman–Crippen MR) is 170 cm³/mol. The summed E-state index contributed by atoms with van der Waals surface area (Å²) in [5, 5.41) is 8.22. The number of aromatic amines is 1. The third-order valence-corrected chi connectivity index (χ3v) is 9.05. The van der Waals surface area contributed by atoms with Gasteiger partial charge in [0.25, 0.3) is 0 Å². The largest absolute Gasteiger partial charge is 0.489 e. The molecule has 0 spiro atoms. The predicted octanol–water partition coefficient (Wildman–Crippen LogP) is 5.75. The Morgan fingerprint density at radius 2 is 2.00 bits per heavy atom. The molecule has 11 heteroatoms. The molecule has 2 aliphatic heterocycles.